The first kappa shape index (κ1) is 28.5. The molecular weight excluding hydrogens is 510 g/mol. The standard InChI is InChI=1S/C34H47N5O2/c1-24-33(25(2)36-23-35-24)34(41)39-20-29-18-38(19-30(29)21-39)17-14-31(26-8-4-3-5-9-26)27-12-15-37(16-13-27)22-32(40)28-10-6-7-11-28/h3-5,8-9,23,27-31H,6-7,10-22H2,1-2H3. The fourth-order valence-electron chi connectivity index (χ4n) is 8.31. The molecule has 3 saturated heterocycles. The first-order valence-corrected chi connectivity index (χ1v) is 16.1. The molecule has 220 valence electrons. The number of hydrogen-bond donors (Lipinski definition) is 0. The smallest absolute Gasteiger partial charge is 0.257 e. The maximum atomic E-state index is 13.3. The molecule has 0 spiro atoms. The zero-order valence-corrected chi connectivity index (χ0v) is 25.0. The molecule has 1 saturated carbocycles. The molecule has 2 aromatic rings. The molecular formula is C34H47N5O2. The van der Waals surface area contributed by atoms with Crippen molar-refractivity contribution in [2.75, 3.05) is 52.4 Å². The summed E-state index contributed by atoms with van der Waals surface area (Å²) >= 11 is 0. The molecule has 1 aromatic carbocycles. The van der Waals surface area contributed by atoms with Gasteiger partial charge in [0.2, 0.25) is 0 Å². The fraction of sp³-hybridized carbons (Fsp3) is 0.647. The molecule has 0 bridgehead atoms. The van der Waals surface area contributed by atoms with Crippen LogP contribution in [0.3, 0.4) is 0 Å². The Morgan fingerprint density at radius 1 is 0.854 bits per heavy atom. The molecule has 6 rings (SSSR count). The summed E-state index contributed by atoms with van der Waals surface area (Å²) in [6.45, 7) is 11.5. The molecule has 1 amide bonds. The maximum Gasteiger partial charge on any atom is 0.257 e. The highest BCUT2D eigenvalue weighted by Gasteiger charge is 2.42. The number of benzene rings is 1. The summed E-state index contributed by atoms with van der Waals surface area (Å²) in [5.41, 5.74) is 3.71. The number of fused-ring (bicyclic) bond motifs is 1. The van der Waals surface area contributed by atoms with E-state index in [-0.39, 0.29) is 5.91 Å². The highest BCUT2D eigenvalue weighted by atomic mass is 16.2. The average Bonchev–Trinajstić information content (AvgIpc) is 3.72. The Morgan fingerprint density at radius 2 is 1.49 bits per heavy atom. The fourth-order valence-corrected chi connectivity index (χ4v) is 8.31. The Balaban J connectivity index is 1.02. The summed E-state index contributed by atoms with van der Waals surface area (Å²) in [5, 5.41) is 0. The Labute approximate surface area is 245 Å². The van der Waals surface area contributed by atoms with Crippen LogP contribution in [-0.4, -0.2) is 88.7 Å². The lowest BCUT2D eigenvalue weighted by Gasteiger charge is -2.37. The normalized spacial score (nSPS) is 25.1. The summed E-state index contributed by atoms with van der Waals surface area (Å²) < 4.78 is 0. The van der Waals surface area contributed by atoms with E-state index < -0.39 is 0 Å². The second-order valence-electron chi connectivity index (χ2n) is 13.3. The topological polar surface area (TPSA) is 69.6 Å². The predicted molar refractivity (Wildman–Crippen MR) is 161 cm³/mol. The highest BCUT2D eigenvalue weighted by Crippen LogP contribution is 2.38. The van der Waals surface area contributed by atoms with Crippen LogP contribution in [0.5, 0.6) is 0 Å². The summed E-state index contributed by atoms with van der Waals surface area (Å²) in [5.74, 6) is 3.26. The van der Waals surface area contributed by atoms with Crippen molar-refractivity contribution in [3.63, 3.8) is 0 Å². The van der Waals surface area contributed by atoms with Gasteiger partial charge in [0, 0.05) is 32.1 Å². The molecule has 0 radical (unpaired) electrons. The summed E-state index contributed by atoms with van der Waals surface area (Å²) in [6.07, 6.45) is 9.77. The number of aromatic nitrogens is 2. The van der Waals surface area contributed by atoms with Gasteiger partial charge in [0.25, 0.3) is 5.91 Å². The number of piperidine rings is 1. The third-order valence-electron chi connectivity index (χ3n) is 10.7. The Morgan fingerprint density at radius 3 is 2.12 bits per heavy atom. The van der Waals surface area contributed by atoms with Gasteiger partial charge in [-0.1, -0.05) is 43.2 Å². The summed E-state index contributed by atoms with van der Waals surface area (Å²) in [6, 6.07) is 11.1. The lowest BCUT2D eigenvalue weighted by atomic mass is 9.78. The van der Waals surface area contributed by atoms with Crippen LogP contribution in [0.25, 0.3) is 0 Å². The first-order chi connectivity index (χ1) is 20.0. The van der Waals surface area contributed by atoms with Crippen LogP contribution >= 0.6 is 0 Å². The predicted octanol–water partition coefficient (Wildman–Crippen LogP) is 4.74. The molecule has 4 aliphatic rings. The van der Waals surface area contributed by atoms with Crippen LogP contribution in [0, 0.1) is 37.5 Å². The van der Waals surface area contributed by atoms with Crippen molar-refractivity contribution < 1.29 is 9.59 Å². The van der Waals surface area contributed by atoms with Crippen molar-refractivity contribution >= 4 is 11.7 Å². The Hall–Kier alpha value is -2.64. The van der Waals surface area contributed by atoms with Gasteiger partial charge in [0.05, 0.1) is 23.5 Å². The number of Topliss-reactive ketones (excluding diaryl/α,β-unsaturated/α-hetero) is 1. The Bertz CT molecular complexity index is 1170. The van der Waals surface area contributed by atoms with Gasteiger partial charge in [0.1, 0.15) is 12.1 Å². The van der Waals surface area contributed by atoms with Gasteiger partial charge in [-0.25, -0.2) is 9.97 Å². The number of aryl methyl sites for hydroxylation is 2. The van der Waals surface area contributed by atoms with Gasteiger partial charge in [-0.05, 0) is 94.8 Å². The van der Waals surface area contributed by atoms with E-state index in [2.05, 4.69) is 50.1 Å². The molecule has 4 heterocycles. The number of carbonyl (C=O) groups excluding carboxylic acids is 2. The van der Waals surface area contributed by atoms with Gasteiger partial charge in [-0.3, -0.25) is 14.5 Å². The van der Waals surface area contributed by atoms with Crippen LogP contribution in [-0.2, 0) is 4.79 Å². The van der Waals surface area contributed by atoms with Crippen molar-refractivity contribution in [3.05, 3.63) is 59.2 Å². The molecule has 3 aliphatic heterocycles. The molecule has 1 aromatic heterocycles. The number of amides is 1. The van der Waals surface area contributed by atoms with E-state index in [4.69, 9.17) is 0 Å². The van der Waals surface area contributed by atoms with E-state index in [9.17, 15) is 9.59 Å². The van der Waals surface area contributed by atoms with Crippen LogP contribution in [0.2, 0.25) is 0 Å². The monoisotopic (exact) mass is 557 g/mol. The lowest BCUT2D eigenvalue weighted by molar-refractivity contribution is -0.124. The van der Waals surface area contributed by atoms with Gasteiger partial charge >= 0.3 is 0 Å². The third-order valence-corrected chi connectivity index (χ3v) is 10.7. The molecule has 41 heavy (non-hydrogen) atoms. The van der Waals surface area contributed by atoms with Crippen LogP contribution in [0.1, 0.15) is 78.2 Å². The molecule has 7 heteroatoms. The van der Waals surface area contributed by atoms with Gasteiger partial charge in [-0.15, -0.1) is 0 Å². The van der Waals surface area contributed by atoms with Crippen molar-refractivity contribution in [2.45, 2.75) is 64.7 Å². The van der Waals surface area contributed by atoms with Crippen molar-refractivity contribution in [3.8, 4) is 0 Å². The van der Waals surface area contributed by atoms with Crippen molar-refractivity contribution in [1.29, 1.82) is 0 Å². The third kappa shape index (κ3) is 6.41. The van der Waals surface area contributed by atoms with E-state index in [1.807, 2.05) is 18.7 Å². The maximum absolute atomic E-state index is 13.3. The average molecular weight is 558 g/mol. The van der Waals surface area contributed by atoms with E-state index in [1.54, 1.807) is 6.33 Å². The molecule has 3 unspecified atom stereocenters. The van der Waals surface area contributed by atoms with Crippen molar-refractivity contribution in [2.24, 2.45) is 23.7 Å². The minimum absolute atomic E-state index is 0.0991. The molecule has 0 N–H and O–H groups in total. The number of ketones is 1. The quantitative estimate of drug-likeness (QED) is 0.444. The van der Waals surface area contributed by atoms with E-state index in [0.717, 1.165) is 70.0 Å². The minimum atomic E-state index is 0.0991. The van der Waals surface area contributed by atoms with Gasteiger partial charge < -0.3 is 9.80 Å². The van der Waals surface area contributed by atoms with Crippen LogP contribution in [0.15, 0.2) is 36.7 Å². The van der Waals surface area contributed by atoms with E-state index in [1.165, 1.54) is 37.7 Å². The van der Waals surface area contributed by atoms with Gasteiger partial charge in [-0.2, -0.15) is 0 Å². The Kier molecular flexibility index (Phi) is 8.82. The SMILES string of the molecule is Cc1ncnc(C)c1C(=O)N1CC2CN(CCC(c3ccccc3)C3CCN(CC(=O)C4CCCC4)CC3)CC2C1. The summed E-state index contributed by atoms with van der Waals surface area (Å²) in [7, 11) is 0. The molecule has 3 atom stereocenters. The summed E-state index contributed by atoms with van der Waals surface area (Å²) in [4.78, 5) is 41.7. The molecule has 7 nitrogen and oxygen atoms in total. The van der Waals surface area contributed by atoms with Gasteiger partial charge in [0.15, 0.2) is 0 Å². The van der Waals surface area contributed by atoms with Crippen molar-refractivity contribution in [1.82, 2.24) is 24.7 Å². The number of rotatable bonds is 9. The zero-order valence-electron chi connectivity index (χ0n) is 25.0. The second kappa shape index (κ2) is 12.7. The molecule has 1 aliphatic carbocycles. The molecule has 4 fully saturated rings. The number of hydrogen-bond acceptors (Lipinski definition) is 6. The van der Waals surface area contributed by atoms with Crippen LogP contribution < -0.4 is 0 Å². The zero-order chi connectivity index (χ0) is 28.3. The van der Waals surface area contributed by atoms with E-state index >= 15 is 0 Å². The largest absolute Gasteiger partial charge is 0.338 e. The number of likely N-dealkylation sites (tertiary alicyclic amines) is 3. The highest BCUT2D eigenvalue weighted by molar-refractivity contribution is 5.96. The van der Waals surface area contributed by atoms with Crippen LogP contribution in [0.4, 0.5) is 0 Å². The lowest BCUT2D eigenvalue weighted by Crippen LogP contribution is -2.40. The number of nitrogens with zero attached hydrogens (tertiary/aromatic N) is 5. The van der Waals surface area contributed by atoms with E-state index in [0.29, 0.717) is 47.5 Å². The second-order valence-corrected chi connectivity index (χ2v) is 13.3. The first-order valence-electron chi connectivity index (χ1n) is 16.1. The number of carbonyl (C=O) groups is 2. The minimum Gasteiger partial charge on any atom is -0.338 e.